The van der Waals surface area contributed by atoms with Crippen LogP contribution < -0.4 is 9.62 Å². The number of amides is 1. The van der Waals surface area contributed by atoms with Gasteiger partial charge in [-0.3, -0.25) is 9.10 Å². The molecule has 4 rings (SSSR count). The first-order valence-electron chi connectivity index (χ1n) is 9.65. The van der Waals surface area contributed by atoms with E-state index >= 15 is 0 Å². The van der Waals surface area contributed by atoms with Crippen molar-refractivity contribution in [3.63, 3.8) is 0 Å². The summed E-state index contributed by atoms with van der Waals surface area (Å²) in [6.45, 7) is -0.432. The summed E-state index contributed by atoms with van der Waals surface area (Å²) >= 11 is 12.0. The summed E-state index contributed by atoms with van der Waals surface area (Å²) in [6, 6.07) is 25.4. The van der Waals surface area contributed by atoms with Gasteiger partial charge in [0.15, 0.2) is 0 Å². The molecule has 0 aliphatic heterocycles. The molecule has 0 saturated carbocycles. The number of fused-ring (bicyclic) bond motifs is 1. The van der Waals surface area contributed by atoms with E-state index in [1.54, 1.807) is 24.3 Å². The van der Waals surface area contributed by atoms with Crippen molar-refractivity contribution in [1.29, 1.82) is 0 Å². The topological polar surface area (TPSA) is 66.5 Å². The lowest BCUT2D eigenvalue weighted by Crippen LogP contribution is -2.38. The first kappa shape index (κ1) is 22.1. The van der Waals surface area contributed by atoms with Gasteiger partial charge in [0.2, 0.25) is 5.91 Å². The second-order valence-electron chi connectivity index (χ2n) is 7.06. The molecule has 0 atom stereocenters. The van der Waals surface area contributed by atoms with Crippen LogP contribution in [0.3, 0.4) is 0 Å². The van der Waals surface area contributed by atoms with Crippen molar-refractivity contribution in [1.82, 2.24) is 0 Å². The van der Waals surface area contributed by atoms with Crippen LogP contribution in [0.4, 0.5) is 11.4 Å². The maximum Gasteiger partial charge on any atom is 0.264 e. The Hall–Kier alpha value is -3.06. The number of hydrogen-bond acceptors (Lipinski definition) is 3. The van der Waals surface area contributed by atoms with E-state index in [0.29, 0.717) is 15.7 Å². The van der Waals surface area contributed by atoms with E-state index in [2.05, 4.69) is 5.32 Å². The van der Waals surface area contributed by atoms with Crippen molar-refractivity contribution in [3.05, 3.63) is 101 Å². The van der Waals surface area contributed by atoms with Crippen LogP contribution in [-0.4, -0.2) is 20.9 Å². The van der Waals surface area contributed by atoms with Gasteiger partial charge in [-0.1, -0.05) is 59.6 Å². The number of benzene rings is 4. The third-order valence-electron chi connectivity index (χ3n) is 4.82. The van der Waals surface area contributed by atoms with E-state index < -0.39 is 22.5 Å². The van der Waals surface area contributed by atoms with E-state index in [4.69, 9.17) is 23.2 Å². The molecule has 4 aromatic rings. The fraction of sp³-hybridized carbons (Fsp3) is 0.0417. The molecule has 0 aliphatic rings. The lowest BCUT2D eigenvalue weighted by atomic mass is 10.1. The van der Waals surface area contributed by atoms with Gasteiger partial charge in [-0.25, -0.2) is 8.42 Å². The number of rotatable bonds is 6. The third kappa shape index (κ3) is 4.88. The van der Waals surface area contributed by atoms with Gasteiger partial charge in [0.1, 0.15) is 6.54 Å². The predicted octanol–water partition coefficient (Wildman–Crippen LogP) is 5.98. The van der Waals surface area contributed by atoms with Crippen LogP contribution in [0.2, 0.25) is 10.0 Å². The van der Waals surface area contributed by atoms with Crippen LogP contribution in [0.1, 0.15) is 0 Å². The molecule has 0 aliphatic carbocycles. The molecule has 0 aromatic heterocycles. The molecule has 1 N–H and O–H groups in total. The predicted molar refractivity (Wildman–Crippen MR) is 130 cm³/mol. The van der Waals surface area contributed by atoms with E-state index in [1.807, 2.05) is 36.4 Å². The van der Waals surface area contributed by atoms with Crippen molar-refractivity contribution >= 4 is 61.3 Å². The van der Waals surface area contributed by atoms with Crippen LogP contribution in [0, 0.1) is 0 Å². The standard InChI is InChI=1S/C24H18Cl2N2O3S/c25-19-9-12-23(13-10-19)32(30,31)28(22-7-3-6-20(26)15-22)16-24(29)27-21-11-8-17-4-1-2-5-18(17)14-21/h1-15H,16H2,(H,27,29). The van der Waals surface area contributed by atoms with E-state index in [9.17, 15) is 13.2 Å². The van der Waals surface area contributed by atoms with Crippen LogP contribution in [0.5, 0.6) is 0 Å². The number of nitrogens with zero attached hydrogens (tertiary/aromatic N) is 1. The van der Waals surface area contributed by atoms with Crippen molar-refractivity contribution in [3.8, 4) is 0 Å². The fourth-order valence-electron chi connectivity index (χ4n) is 3.28. The molecule has 5 nitrogen and oxygen atoms in total. The minimum atomic E-state index is -4.05. The molecule has 0 bridgehead atoms. The minimum Gasteiger partial charge on any atom is -0.324 e. The van der Waals surface area contributed by atoms with Crippen LogP contribution >= 0.6 is 23.2 Å². The number of nitrogens with one attached hydrogen (secondary N) is 1. The third-order valence-corrected chi connectivity index (χ3v) is 7.09. The zero-order chi connectivity index (χ0) is 22.7. The first-order chi connectivity index (χ1) is 15.3. The number of halogens is 2. The summed E-state index contributed by atoms with van der Waals surface area (Å²) in [4.78, 5) is 12.9. The number of carbonyl (C=O) groups excluding carboxylic acids is 1. The molecular formula is C24H18Cl2N2O3S. The van der Waals surface area contributed by atoms with E-state index in [1.165, 1.54) is 30.3 Å². The molecule has 0 fully saturated rings. The van der Waals surface area contributed by atoms with Crippen molar-refractivity contribution in [2.75, 3.05) is 16.2 Å². The number of hydrogen-bond donors (Lipinski definition) is 1. The second kappa shape index (κ2) is 9.20. The second-order valence-corrected chi connectivity index (χ2v) is 9.79. The molecule has 0 radical (unpaired) electrons. The summed E-state index contributed by atoms with van der Waals surface area (Å²) in [5.41, 5.74) is 0.852. The average Bonchev–Trinajstić information content (AvgIpc) is 2.77. The Morgan fingerprint density at radius 3 is 2.22 bits per heavy atom. The quantitative estimate of drug-likeness (QED) is 0.365. The molecular weight excluding hydrogens is 467 g/mol. The van der Waals surface area contributed by atoms with Gasteiger partial charge >= 0.3 is 0 Å². The number of anilines is 2. The average molecular weight is 485 g/mol. The van der Waals surface area contributed by atoms with Crippen LogP contribution in [-0.2, 0) is 14.8 Å². The highest BCUT2D eigenvalue weighted by molar-refractivity contribution is 7.92. The van der Waals surface area contributed by atoms with Gasteiger partial charge in [-0.2, -0.15) is 0 Å². The van der Waals surface area contributed by atoms with Gasteiger partial charge in [-0.15, -0.1) is 0 Å². The van der Waals surface area contributed by atoms with Gasteiger partial charge < -0.3 is 5.32 Å². The molecule has 1 amide bonds. The molecule has 0 spiro atoms. The lowest BCUT2D eigenvalue weighted by molar-refractivity contribution is -0.114. The van der Waals surface area contributed by atoms with Gasteiger partial charge in [-0.05, 0) is 65.4 Å². The van der Waals surface area contributed by atoms with Crippen LogP contribution in [0.15, 0.2) is 95.9 Å². The molecule has 32 heavy (non-hydrogen) atoms. The minimum absolute atomic E-state index is 0.0142. The van der Waals surface area contributed by atoms with Gasteiger partial charge in [0.25, 0.3) is 10.0 Å². The Morgan fingerprint density at radius 1 is 0.781 bits per heavy atom. The van der Waals surface area contributed by atoms with Gasteiger partial charge in [0, 0.05) is 15.7 Å². The Labute approximate surface area is 196 Å². The van der Waals surface area contributed by atoms with Gasteiger partial charge in [0.05, 0.1) is 10.6 Å². The highest BCUT2D eigenvalue weighted by Crippen LogP contribution is 2.27. The molecule has 0 heterocycles. The summed E-state index contributed by atoms with van der Waals surface area (Å²) in [5.74, 6) is -0.488. The summed E-state index contributed by atoms with van der Waals surface area (Å²) in [7, 11) is -4.05. The smallest absolute Gasteiger partial charge is 0.264 e. The highest BCUT2D eigenvalue weighted by Gasteiger charge is 2.27. The van der Waals surface area contributed by atoms with Crippen LogP contribution in [0.25, 0.3) is 10.8 Å². The first-order valence-corrected chi connectivity index (χ1v) is 11.8. The van der Waals surface area contributed by atoms with E-state index in [0.717, 1.165) is 15.1 Å². The van der Waals surface area contributed by atoms with Crippen molar-refractivity contribution < 1.29 is 13.2 Å². The Balaban J connectivity index is 1.65. The number of sulfonamides is 1. The Morgan fingerprint density at radius 2 is 1.50 bits per heavy atom. The summed E-state index contributed by atoms with van der Waals surface area (Å²) < 4.78 is 27.8. The Bertz CT molecular complexity index is 1390. The zero-order valence-corrected chi connectivity index (χ0v) is 19.0. The SMILES string of the molecule is O=C(CN(c1cccc(Cl)c1)S(=O)(=O)c1ccc(Cl)cc1)Nc1ccc2ccccc2c1. The molecule has 8 heteroatoms. The number of carbonyl (C=O) groups is 1. The monoisotopic (exact) mass is 484 g/mol. The lowest BCUT2D eigenvalue weighted by Gasteiger charge is -2.24. The fourth-order valence-corrected chi connectivity index (χ4v) is 5.00. The Kier molecular flexibility index (Phi) is 6.37. The zero-order valence-electron chi connectivity index (χ0n) is 16.7. The molecule has 162 valence electrons. The molecule has 0 unspecified atom stereocenters. The van der Waals surface area contributed by atoms with Crippen molar-refractivity contribution in [2.45, 2.75) is 4.90 Å². The summed E-state index contributed by atoms with van der Waals surface area (Å²) in [5, 5.41) is 5.55. The normalized spacial score (nSPS) is 11.3. The highest BCUT2D eigenvalue weighted by atomic mass is 35.5. The summed E-state index contributed by atoms with van der Waals surface area (Å²) in [6.07, 6.45) is 0. The maximum atomic E-state index is 13.4. The molecule has 4 aromatic carbocycles. The maximum absolute atomic E-state index is 13.4. The molecule has 0 saturated heterocycles. The van der Waals surface area contributed by atoms with E-state index in [-0.39, 0.29) is 10.6 Å². The largest absolute Gasteiger partial charge is 0.324 e. The van der Waals surface area contributed by atoms with Crippen molar-refractivity contribution in [2.24, 2.45) is 0 Å².